The zero-order chi connectivity index (χ0) is 27.8. The van der Waals surface area contributed by atoms with E-state index in [0.29, 0.717) is 18.1 Å². The summed E-state index contributed by atoms with van der Waals surface area (Å²) in [6.45, 7) is 11.9. The molecule has 0 unspecified atom stereocenters. The molecule has 7 heteroatoms. The number of nitrogens with two attached hydrogens (primary N) is 1. The van der Waals surface area contributed by atoms with E-state index in [1.807, 2.05) is 19.9 Å². The fraction of sp³-hybridized carbons (Fsp3) is 0.406. The van der Waals surface area contributed by atoms with Crippen molar-refractivity contribution in [2.24, 2.45) is 5.73 Å². The Labute approximate surface area is 239 Å². The van der Waals surface area contributed by atoms with Crippen LogP contribution in [0.5, 0.6) is 0 Å². The molecule has 3 aromatic carbocycles. The normalized spacial score (nSPS) is 25.0. The first-order chi connectivity index (χ1) is 18.5. The van der Waals surface area contributed by atoms with E-state index in [2.05, 4.69) is 111 Å². The Morgan fingerprint density at radius 1 is 0.846 bits per heavy atom. The van der Waals surface area contributed by atoms with Crippen LogP contribution in [0.3, 0.4) is 0 Å². The Hall–Kier alpha value is -2.39. The molecule has 3 aromatic rings. The molecule has 2 aliphatic rings. The molecule has 2 fully saturated rings. The van der Waals surface area contributed by atoms with Crippen molar-refractivity contribution in [2.45, 2.75) is 76.3 Å². The maximum absolute atomic E-state index is 7.39. The molecular weight excluding hydrogens is 521 g/mol. The summed E-state index contributed by atoms with van der Waals surface area (Å²) in [5, 5.41) is 2.35. The van der Waals surface area contributed by atoms with Crippen LogP contribution in [0.2, 0.25) is 5.04 Å². The summed E-state index contributed by atoms with van der Waals surface area (Å²) in [6.07, 6.45) is -0.601. The largest absolute Gasteiger partial charge is 0.405 e. The number of nitrogens with zero attached hydrogens (tertiary/aromatic N) is 1. The van der Waals surface area contributed by atoms with Gasteiger partial charge in [-0.05, 0) is 34.8 Å². The molecule has 4 atom stereocenters. The fourth-order valence-corrected chi connectivity index (χ4v) is 11.1. The number of ether oxygens (including phenoxy) is 2. The zero-order valence-electron chi connectivity index (χ0n) is 23.5. The minimum Gasteiger partial charge on any atom is -0.405 e. The summed E-state index contributed by atoms with van der Waals surface area (Å²) in [5.41, 5.74) is 7.87. The molecule has 5 rings (SSSR count). The molecule has 2 aliphatic heterocycles. The van der Waals surface area contributed by atoms with Crippen LogP contribution in [-0.2, 0) is 20.4 Å². The highest BCUT2D eigenvalue weighted by Crippen LogP contribution is 2.40. The van der Waals surface area contributed by atoms with Gasteiger partial charge in [0.05, 0.1) is 23.7 Å². The minimum atomic E-state index is -2.77. The first kappa shape index (κ1) is 28.1. The molecule has 2 N–H and O–H groups in total. The maximum Gasteiger partial charge on any atom is 0.261 e. The van der Waals surface area contributed by atoms with Crippen molar-refractivity contribution in [3.05, 3.63) is 96.6 Å². The van der Waals surface area contributed by atoms with Gasteiger partial charge in [-0.15, -0.1) is 0 Å². The van der Waals surface area contributed by atoms with E-state index < -0.39 is 20.1 Å². The Bertz CT molecular complexity index is 1230. The van der Waals surface area contributed by atoms with Gasteiger partial charge in [-0.3, -0.25) is 0 Å². The van der Waals surface area contributed by atoms with Crippen LogP contribution in [0.15, 0.2) is 91.0 Å². The number of likely N-dealkylation sites (tertiary alicyclic amines) is 1. The van der Waals surface area contributed by atoms with E-state index in [-0.39, 0.29) is 23.3 Å². The zero-order valence-corrected chi connectivity index (χ0v) is 25.4. The lowest BCUT2D eigenvalue weighted by atomic mass is 9.92. The highest BCUT2D eigenvalue weighted by Gasteiger charge is 2.56. The third-order valence-corrected chi connectivity index (χ3v) is 13.5. The summed E-state index contributed by atoms with van der Waals surface area (Å²) in [5.74, 6) is -0.749. The third kappa shape index (κ3) is 5.36. The van der Waals surface area contributed by atoms with Crippen molar-refractivity contribution in [1.82, 2.24) is 4.90 Å². The lowest BCUT2D eigenvalue weighted by molar-refractivity contribution is -0.150. The first-order valence-electron chi connectivity index (χ1n) is 13.7. The van der Waals surface area contributed by atoms with Crippen molar-refractivity contribution in [3.63, 3.8) is 0 Å². The molecule has 0 bridgehead atoms. The van der Waals surface area contributed by atoms with E-state index in [1.165, 1.54) is 15.9 Å². The lowest BCUT2D eigenvalue weighted by Gasteiger charge is -2.48. The third-order valence-electron chi connectivity index (χ3n) is 7.95. The minimum absolute atomic E-state index is 0.142. The number of benzene rings is 3. The Morgan fingerprint density at radius 3 is 1.85 bits per heavy atom. The smallest absolute Gasteiger partial charge is 0.261 e. The van der Waals surface area contributed by atoms with E-state index in [9.17, 15) is 0 Å². The van der Waals surface area contributed by atoms with Gasteiger partial charge in [0.2, 0.25) is 0 Å². The van der Waals surface area contributed by atoms with Crippen molar-refractivity contribution in [3.8, 4) is 0 Å². The number of hydrogen-bond acceptors (Lipinski definition) is 5. The molecule has 206 valence electrons. The average Bonchev–Trinajstić information content (AvgIpc) is 3.25. The molecule has 0 amide bonds. The topological polar surface area (TPSA) is 57.0 Å². The average molecular weight is 561 g/mol. The van der Waals surface area contributed by atoms with Gasteiger partial charge >= 0.3 is 0 Å². The monoisotopic (exact) mass is 560 g/mol. The van der Waals surface area contributed by atoms with Crippen molar-refractivity contribution < 1.29 is 13.9 Å². The number of fused-ring (bicyclic) bond motifs is 1. The summed E-state index contributed by atoms with van der Waals surface area (Å²) in [6, 6.07) is 31.2. The SMILES string of the molecule is CC1(C)O[C@H]2[C@H](O1)[C@@H](N)C(=S)N(Cc1ccccc1)[C@@H]2CO[Si](c1ccccc1)(c1ccccc1)C(C)(C)C. The molecule has 5 nitrogen and oxygen atoms in total. The van der Waals surface area contributed by atoms with Crippen molar-refractivity contribution >= 4 is 35.9 Å². The molecular formula is C32H40N2O3SSi. The molecule has 2 heterocycles. The van der Waals surface area contributed by atoms with Crippen LogP contribution >= 0.6 is 12.2 Å². The molecule has 0 aliphatic carbocycles. The highest BCUT2D eigenvalue weighted by molar-refractivity contribution is 7.80. The van der Waals surface area contributed by atoms with Crippen LogP contribution in [-0.4, -0.2) is 54.9 Å². The molecule has 0 spiro atoms. The van der Waals surface area contributed by atoms with Crippen LogP contribution in [0.4, 0.5) is 0 Å². The maximum atomic E-state index is 7.39. The fourth-order valence-electron chi connectivity index (χ4n) is 6.20. The van der Waals surface area contributed by atoms with Crippen molar-refractivity contribution in [2.75, 3.05) is 6.61 Å². The molecule has 39 heavy (non-hydrogen) atoms. The number of hydrogen-bond donors (Lipinski definition) is 1. The second kappa shape index (κ2) is 10.9. The summed E-state index contributed by atoms with van der Waals surface area (Å²) in [4.78, 5) is 2.91. The van der Waals surface area contributed by atoms with E-state index in [4.69, 9.17) is 31.9 Å². The van der Waals surface area contributed by atoms with Gasteiger partial charge < -0.3 is 24.5 Å². The predicted octanol–water partition coefficient (Wildman–Crippen LogP) is 4.62. The second-order valence-corrected chi connectivity index (χ2v) is 16.8. The lowest BCUT2D eigenvalue weighted by Crippen LogP contribution is -2.70. The second-order valence-electron chi connectivity index (χ2n) is 12.1. The van der Waals surface area contributed by atoms with E-state index >= 15 is 0 Å². The molecule has 0 aromatic heterocycles. The predicted molar refractivity (Wildman–Crippen MR) is 164 cm³/mol. The Kier molecular flexibility index (Phi) is 7.85. The van der Waals surface area contributed by atoms with Gasteiger partial charge in [-0.25, -0.2) is 0 Å². The number of rotatable bonds is 7. The Balaban J connectivity index is 1.58. The van der Waals surface area contributed by atoms with Gasteiger partial charge in [0.15, 0.2) is 5.79 Å². The van der Waals surface area contributed by atoms with Gasteiger partial charge in [0.1, 0.15) is 12.2 Å². The highest BCUT2D eigenvalue weighted by atomic mass is 32.1. The van der Waals surface area contributed by atoms with Crippen LogP contribution < -0.4 is 16.1 Å². The summed E-state index contributed by atoms with van der Waals surface area (Å²) < 4.78 is 20.3. The Morgan fingerprint density at radius 2 is 1.33 bits per heavy atom. The van der Waals surface area contributed by atoms with Crippen LogP contribution in [0.1, 0.15) is 40.2 Å². The summed E-state index contributed by atoms with van der Waals surface area (Å²) in [7, 11) is -2.77. The number of thiocarbonyl (C=S) groups is 1. The molecule has 2 saturated heterocycles. The van der Waals surface area contributed by atoms with Gasteiger partial charge in [0.25, 0.3) is 8.32 Å². The van der Waals surface area contributed by atoms with Crippen molar-refractivity contribution in [1.29, 1.82) is 0 Å². The summed E-state index contributed by atoms with van der Waals surface area (Å²) >= 11 is 6.01. The molecule has 0 radical (unpaired) electrons. The van der Waals surface area contributed by atoms with Gasteiger partial charge in [0, 0.05) is 6.54 Å². The van der Waals surface area contributed by atoms with Crippen LogP contribution in [0, 0.1) is 0 Å². The van der Waals surface area contributed by atoms with E-state index in [1.54, 1.807) is 0 Å². The van der Waals surface area contributed by atoms with E-state index in [0.717, 1.165) is 0 Å². The number of piperidine rings is 1. The standard InChI is InChI=1S/C32H40N2O3SSi/c1-31(2,3)39(24-17-11-7-12-18-24,25-19-13-8-14-20-25)35-22-26-28-29(37-32(4,5)36-28)27(33)30(38)34(26)21-23-15-9-6-10-16-23/h6-20,26-29H,21-22,33H2,1-5H3/t26-,27-,28-,29-/m1/s1. The first-order valence-corrected chi connectivity index (χ1v) is 16.1. The van der Waals surface area contributed by atoms with Crippen LogP contribution in [0.25, 0.3) is 0 Å². The van der Waals surface area contributed by atoms with Gasteiger partial charge in [-0.1, -0.05) is 124 Å². The van der Waals surface area contributed by atoms with Gasteiger partial charge in [-0.2, -0.15) is 0 Å². The molecule has 0 saturated carbocycles. The quantitative estimate of drug-likeness (QED) is 0.336.